The van der Waals surface area contributed by atoms with E-state index in [1.54, 1.807) is 65.0 Å². The number of unbranched alkanes of at least 4 members (excludes halogenated alkanes) is 2. The molecule has 1 aromatic carbocycles. The van der Waals surface area contributed by atoms with Gasteiger partial charge in [0.2, 0.25) is 0 Å². The largest absolute Gasteiger partial charge is 0.456 e. The number of fused-ring (bicyclic) bond motifs is 2. The topological polar surface area (TPSA) is 339 Å². The predicted molar refractivity (Wildman–Crippen MR) is 313 cm³/mol. The molecule has 0 amide bonds. The van der Waals surface area contributed by atoms with Gasteiger partial charge in [-0.15, -0.1) is 0 Å². The Kier molecular flexibility index (Phi) is 28.0. The van der Waals surface area contributed by atoms with Crippen LogP contribution in [0.2, 0.25) is 0 Å². The molecule has 6 aliphatic rings. The Morgan fingerprint density at radius 2 is 1.09 bits per heavy atom. The Balaban J connectivity index is 1.25. The van der Waals surface area contributed by atoms with E-state index < -0.39 is 189 Å². The van der Waals surface area contributed by atoms with Crippen molar-refractivity contribution in [1.29, 1.82) is 0 Å². The number of esters is 4. The monoisotopic (exact) mass is 1270 g/mol. The van der Waals surface area contributed by atoms with Crippen LogP contribution in [0.1, 0.15) is 165 Å². The standard InChI is InChI=1S/C64H100O25/c1-11-13-20-27-40-28-23-17-15-14-16-18-24-29-41(65)82-55-49(73)51(37(9)79-63(55)88-53-46(70)44(68)35(7)77-61(53)81-40)86-64-57(85-59(75)33(5)12-2)56(89-60-47(71)45(69)43(67)34(6)76-60)52(38(10)80-64)87-62-54(83-42(66)31-30-39-25-21-19-22-26-39)48(72)50(36(8)78-62)84-58(74)32(3)4/h19,21-22,25-26,30-38,40,43-57,60-64,67-73H,11-18,20,23-24,27-29H2,1-10H3/b31-30+/t33-,34-,35+,36-,37-,38-,40-,43-,44-,45+,46-,47+,48+,49+,50-,51-,52-,53+,54+,55+,56+,57+,60-,61-,62-,63-,64-/m0/s1. The van der Waals surface area contributed by atoms with E-state index in [2.05, 4.69) is 6.92 Å². The van der Waals surface area contributed by atoms with Gasteiger partial charge in [0.15, 0.2) is 55.9 Å². The Labute approximate surface area is 522 Å². The van der Waals surface area contributed by atoms with Crippen LogP contribution in [0.4, 0.5) is 0 Å². The van der Waals surface area contributed by atoms with Gasteiger partial charge in [-0.05, 0) is 71.9 Å². The lowest BCUT2D eigenvalue weighted by Gasteiger charge is -2.51. The minimum atomic E-state index is -1.95. The van der Waals surface area contributed by atoms with Crippen LogP contribution < -0.4 is 0 Å². The molecule has 0 spiro atoms. The van der Waals surface area contributed by atoms with Crippen LogP contribution in [-0.4, -0.2) is 219 Å². The second-order valence-electron chi connectivity index (χ2n) is 25.0. The molecule has 0 bridgehead atoms. The second-order valence-corrected chi connectivity index (χ2v) is 25.0. The SMILES string of the molecule is CCCCC[C@H]1CCCCCCCCCC(=O)O[C@H]2[C@H](O[C@H]3[C@H](O1)O[C@H](C)[C@H](O)[C@@H]3O)O[C@@H](C)[C@H](O[C@@H]1O[C@@H](C)[C@H](O[C@@H]3O[C@@H](C)[C@H](OC(=O)C(C)C)[C@@H](O)[C@H]3OC(=O)/C=C/c3ccccc3)[C@@H](O[C@@H]3O[C@@H](C)[C@H](O)[C@@H](O)[C@H]3O)[C@H]1OC(=O)[C@@H](C)CC)[C@H]2O. The van der Waals surface area contributed by atoms with Crippen LogP contribution in [0.3, 0.4) is 0 Å². The molecule has 89 heavy (non-hydrogen) atoms. The zero-order valence-electron chi connectivity index (χ0n) is 53.1. The van der Waals surface area contributed by atoms with Gasteiger partial charge in [-0.1, -0.05) is 123 Å². The molecule has 0 saturated carbocycles. The third kappa shape index (κ3) is 19.2. The average Bonchev–Trinajstić information content (AvgIpc) is 0.922. The first-order valence-corrected chi connectivity index (χ1v) is 32.3. The van der Waals surface area contributed by atoms with E-state index in [-0.39, 0.29) is 18.9 Å². The zero-order chi connectivity index (χ0) is 64.8. The normalized spacial score (nSPS) is 41.0. The van der Waals surface area contributed by atoms with Crippen LogP contribution in [0, 0.1) is 11.8 Å². The maximum atomic E-state index is 14.3. The summed E-state index contributed by atoms with van der Waals surface area (Å²) >= 11 is 0. The Morgan fingerprint density at radius 1 is 0.528 bits per heavy atom. The number of hydrogen-bond donors (Lipinski definition) is 7. The van der Waals surface area contributed by atoms with Crippen LogP contribution in [0.15, 0.2) is 36.4 Å². The Morgan fingerprint density at radius 3 is 1.76 bits per heavy atom. The summed E-state index contributed by atoms with van der Waals surface area (Å²) in [5, 5.41) is 81.2. The summed E-state index contributed by atoms with van der Waals surface area (Å²) in [5.41, 5.74) is 0.639. The van der Waals surface area contributed by atoms with E-state index in [0.717, 1.165) is 63.9 Å². The number of aliphatic hydroxyl groups excluding tert-OH is 7. The molecule has 27 atom stereocenters. The molecule has 6 aliphatic heterocycles. The van der Waals surface area contributed by atoms with Gasteiger partial charge in [-0.25, -0.2) is 4.79 Å². The first kappa shape index (κ1) is 72.6. The molecule has 0 radical (unpaired) electrons. The molecule has 6 heterocycles. The first-order valence-electron chi connectivity index (χ1n) is 32.3. The van der Waals surface area contributed by atoms with E-state index in [1.165, 1.54) is 33.8 Å². The molecule has 1 aromatic rings. The lowest BCUT2D eigenvalue weighted by Crippen LogP contribution is -2.68. The Bertz CT molecular complexity index is 2360. The third-order valence-electron chi connectivity index (χ3n) is 17.6. The predicted octanol–water partition coefficient (Wildman–Crippen LogP) is 4.33. The molecule has 25 nitrogen and oxygen atoms in total. The van der Waals surface area contributed by atoms with Crippen molar-refractivity contribution in [1.82, 2.24) is 0 Å². The summed E-state index contributed by atoms with van der Waals surface area (Å²) in [6.45, 7) is 16.2. The van der Waals surface area contributed by atoms with Gasteiger partial charge in [-0.2, -0.15) is 0 Å². The summed E-state index contributed by atoms with van der Waals surface area (Å²) < 4.78 is 88.9. The van der Waals surface area contributed by atoms with Crippen molar-refractivity contribution in [3.63, 3.8) is 0 Å². The second kappa shape index (κ2) is 34.4. The number of benzene rings is 1. The van der Waals surface area contributed by atoms with Crippen molar-refractivity contribution in [2.75, 3.05) is 0 Å². The highest BCUT2D eigenvalue weighted by atomic mass is 16.8. The lowest BCUT2D eigenvalue weighted by molar-refractivity contribution is -0.399. The molecule has 506 valence electrons. The molecular formula is C64H100O25. The van der Waals surface area contributed by atoms with Gasteiger partial charge < -0.3 is 102 Å². The lowest BCUT2D eigenvalue weighted by atomic mass is 9.95. The van der Waals surface area contributed by atoms with Crippen molar-refractivity contribution >= 4 is 30.0 Å². The number of ether oxygens (including phenoxy) is 14. The van der Waals surface area contributed by atoms with Crippen LogP contribution >= 0.6 is 0 Å². The number of carbonyl (C=O) groups excluding carboxylic acids is 4. The molecule has 7 N–H and O–H groups in total. The third-order valence-corrected chi connectivity index (χ3v) is 17.6. The molecule has 0 unspecified atom stereocenters. The molecule has 6 fully saturated rings. The number of aliphatic hydroxyl groups is 7. The molecule has 0 aromatic heterocycles. The summed E-state index contributed by atoms with van der Waals surface area (Å²) in [4.78, 5) is 55.0. The quantitative estimate of drug-likeness (QED) is 0.0465. The van der Waals surface area contributed by atoms with Crippen molar-refractivity contribution in [2.24, 2.45) is 11.8 Å². The summed E-state index contributed by atoms with van der Waals surface area (Å²) in [6.07, 6.45) is -26.4. The Hall–Kier alpha value is -3.84. The van der Waals surface area contributed by atoms with Gasteiger partial charge in [0.25, 0.3) is 0 Å². The fraction of sp³-hybridized carbons (Fsp3) is 0.812. The highest BCUT2D eigenvalue weighted by molar-refractivity contribution is 5.87. The van der Waals surface area contributed by atoms with E-state index in [9.17, 15) is 54.9 Å². The van der Waals surface area contributed by atoms with Crippen LogP contribution in [0.25, 0.3) is 6.08 Å². The molecule has 6 saturated heterocycles. The molecule has 7 rings (SSSR count). The summed E-state index contributed by atoms with van der Waals surface area (Å²) in [5.74, 6) is -4.61. The molecule has 0 aliphatic carbocycles. The van der Waals surface area contributed by atoms with Crippen molar-refractivity contribution < 1.29 is 121 Å². The highest BCUT2D eigenvalue weighted by Crippen LogP contribution is 2.40. The summed E-state index contributed by atoms with van der Waals surface area (Å²) in [7, 11) is 0. The van der Waals surface area contributed by atoms with E-state index in [0.29, 0.717) is 24.8 Å². The number of rotatable bonds is 18. The van der Waals surface area contributed by atoms with E-state index >= 15 is 0 Å². The maximum absolute atomic E-state index is 14.3. The minimum Gasteiger partial charge on any atom is -0.456 e. The first-order chi connectivity index (χ1) is 42.4. The van der Waals surface area contributed by atoms with Gasteiger partial charge in [0, 0.05) is 12.5 Å². The van der Waals surface area contributed by atoms with Gasteiger partial charge >= 0.3 is 23.9 Å². The number of hydrogen-bond acceptors (Lipinski definition) is 25. The smallest absolute Gasteiger partial charge is 0.331 e. The zero-order valence-corrected chi connectivity index (χ0v) is 53.1. The van der Waals surface area contributed by atoms with Crippen molar-refractivity contribution in [3.05, 3.63) is 42.0 Å². The molecular weight excluding hydrogens is 1170 g/mol. The number of carbonyl (C=O) groups is 4. The van der Waals surface area contributed by atoms with Gasteiger partial charge in [0.05, 0.1) is 48.5 Å². The fourth-order valence-electron chi connectivity index (χ4n) is 11.8. The minimum absolute atomic E-state index is 0.0426. The molecule has 25 heteroatoms. The van der Waals surface area contributed by atoms with Crippen molar-refractivity contribution in [2.45, 2.75) is 319 Å². The fourth-order valence-corrected chi connectivity index (χ4v) is 11.8. The highest BCUT2D eigenvalue weighted by Gasteiger charge is 2.59. The van der Waals surface area contributed by atoms with E-state index in [1.807, 2.05) is 0 Å². The summed E-state index contributed by atoms with van der Waals surface area (Å²) in [6, 6.07) is 8.80. The van der Waals surface area contributed by atoms with E-state index in [4.69, 9.17) is 66.3 Å². The van der Waals surface area contributed by atoms with Gasteiger partial charge in [0.1, 0.15) is 67.1 Å². The van der Waals surface area contributed by atoms with Crippen LogP contribution in [0.5, 0.6) is 0 Å². The van der Waals surface area contributed by atoms with Crippen molar-refractivity contribution in [3.8, 4) is 0 Å². The van der Waals surface area contributed by atoms with Crippen LogP contribution in [-0.2, 0) is 85.5 Å². The average molecular weight is 1270 g/mol. The van der Waals surface area contributed by atoms with Gasteiger partial charge in [-0.3, -0.25) is 14.4 Å². The maximum Gasteiger partial charge on any atom is 0.331 e.